The third-order valence-corrected chi connectivity index (χ3v) is 8.50. The Morgan fingerprint density at radius 1 is 0.511 bits per heavy atom. The lowest BCUT2D eigenvalue weighted by atomic mass is 9.86. The Morgan fingerprint density at radius 2 is 1.13 bits per heavy atom. The van der Waals surface area contributed by atoms with E-state index >= 15 is 0 Å². The van der Waals surface area contributed by atoms with Crippen LogP contribution in [0.1, 0.15) is 17.5 Å². The minimum absolute atomic E-state index is 0.210. The number of aromatic hydroxyl groups is 3. The minimum atomic E-state index is 0.210. The van der Waals surface area contributed by atoms with Gasteiger partial charge in [-0.1, -0.05) is 48.5 Å². The Bertz CT molecular complexity index is 2320. The number of hydrogen-bond donors (Lipinski definition) is 3. The molecule has 218 valence electrons. The third-order valence-electron chi connectivity index (χ3n) is 8.50. The highest BCUT2D eigenvalue weighted by molar-refractivity contribution is 6.00. The molecule has 0 saturated carbocycles. The van der Waals surface area contributed by atoms with Gasteiger partial charge in [0.2, 0.25) is 0 Å². The van der Waals surface area contributed by atoms with E-state index in [2.05, 4.69) is 6.08 Å². The average molecular weight is 589 g/mol. The molecule has 45 heavy (non-hydrogen) atoms. The van der Waals surface area contributed by atoms with Gasteiger partial charge in [-0.05, 0) is 124 Å². The zero-order valence-corrected chi connectivity index (χ0v) is 24.2. The van der Waals surface area contributed by atoms with E-state index in [4.69, 9.17) is 9.47 Å². The Balaban J connectivity index is 1.13. The molecule has 0 saturated heterocycles. The van der Waals surface area contributed by atoms with Crippen molar-refractivity contribution in [3.8, 4) is 45.6 Å². The van der Waals surface area contributed by atoms with Crippen molar-refractivity contribution in [2.24, 2.45) is 0 Å². The maximum Gasteiger partial charge on any atom is 0.135 e. The smallest absolute Gasteiger partial charge is 0.135 e. The summed E-state index contributed by atoms with van der Waals surface area (Å²) in [7, 11) is 0. The highest BCUT2D eigenvalue weighted by Gasteiger charge is 2.22. The predicted molar refractivity (Wildman–Crippen MR) is 179 cm³/mol. The molecule has 0 radical (unpaired) electrons. The van der Waals surface area contributed by atoms with E-state index in [1.165, 1.54) is 0 Å². The number of benzene rings is 7. The molecule has 0 bridgehead atoms. The molecule has 5 nitrogen and oxygen atoms in total. The van der Waals surface area contributed by atoms with Crippen molar-refractivity contribution >= 4 is 38.1 Å². The Labute approximate surface area is 259 Å². The second-order valence-corrected chi connectivity index (χ2v) is 11.3. The number of fused-ring (bicyclic) bond motifs is 4. The molecule has 3 N–H and O–H groups in total. The zero-order valence-electron chi connectivity index (χ0n) is 24.2. The average Bonchev–Trinajstić information content (AvgIpc) is 3.04. The molecule has 0 unspecified atom stereocenters. The molecule has 0 spiro atoms. The third kappa shape index (κ3) is 4.75. The first-order chi connectivity index (χ1) is 22.0. The van der Waals surface area contributed by atoms with Gasteiger partial charge in [0, 0.05) is 21.9 Å². The SMILES string of the molecule is Oc1ccc2c(Oc3cccc4cc(OC5=CCCc6c5ccc(O)c6-c5cccc6cc(O)ccc56)ccc34)cccc2c1. The van der Waals surface area contributed by atoms with Crippen molar-refractivity contribution in [2.45, 2.75) is 12.8 Å². The fourth-order valence-corrected chi connectivity index (χ4v) is 6.43. The molecule has 0 amide bonds. The number of rotatable bonds is 5. The molecule has 5 heteroatoms. The lowest BCUT2D eigenvalue weighted by Crippen LogP contribution is -2.07. The molecule has 1 aliphatic rings. The van der Waals surface area contributed by atoms with Crippen LogP contribution in [0.5, 0.6) is 34.5 Å². The van der Waals surface area contributed by atoms with Gasteiger partial charge in [-0.25, -0.2) is 0 Å². The maximum atomic E-state index is 11.1. The number of allylic oxidation sites excluding steroid dienone is 1. The highest BCUT2D eigenvalue weighted by atomic mass is 16.5. The molecule has 1 aliphatic carbocycles. The second-order valence-electron chi connectivity index (χ2n) is 11.3. The fraction of sp³-hybridized carbons (Fsp3) is 0.0500. The molecule has 7 aromatic rings. The summed E-state index contributed by atoms with van der Waals surface area (Å²) in [6.07, 6.45) is 3.65. The van der Waals surface area contributed by atoms with Crippen LogP contribution in [-0.4, -0.2) is 15.3 Å². The Morgan fingerprint density at radius 3 is 1.87 bits per heavy atom. The first-order valence-electron chi connectivity index (χ1n) is 14.9. The lowest BCUT2D eigenvalue weighted by molar-refractivity contribution is 0.475. The summed E-state index contributed by atoms with van der Waals surface area (Å²) < 4.78 is 12.9. The van der Waals surface area contributed by atoms with E-state index in [1.807, 2.05) is 91.0 Å². The van der Waals surface area contributed by atoms with E-state index in [9.17, 15) is 15.3 Å². The van der Waals surface area contributed by atoms with E-state index in [0.717, 1.165) is 78.9 Å². The Kier molecular flexibility index (Phi) is 6.31. The van der Waals surface area contributed by atoms with Gasteiger partial charge in [0.05, 0.1) is 0 Å². The van der Waals surface area contributed by atoms with Gasteiger partial charge < -0.3 is 24.8 Å². The summed E-state index contributed by atoms with van der Waals surface area (Å²) >= 11 is 0. The number of phenols is 3. The van der Waals surface area contributed by atoms with E-state index < -0.39 is 0 Å². The molecule has 0 atom stereocenters. The molecule has 7 aromatic carbocycles. The van der Waals surface area contributed by atoms with Crippen molar-refractivity contribution < 1.29 is 24.8 Å². The van der Waals surface area contributed by atoms with Gasteiger partial charge in [-0.15, -0.1) is 0 Å². The number of ether oxygens (including phenoxy) is 2. The molecule has 0 aromatic heterocycles. The van der Waals surface area contributed by atoms with Crippen LogP contribution in [0.3, 0.4) is 0 Å². The maximum absolute atomic E-state index is 11.1. The summed E-state index contributed by atoms with van der Waals surface area (Å²) in [4.78, 5) is 0. The van der Waals surface area contributed by atoms with Gasteiger partial charge in [0.25, 0.3) is 0 Å². The van der Waals surface area contributed by atoms with Crippen LogP contribution >= 0.6 is 0 Å². The van der Waals surface area contributed by atoms with Crippen molar-refractivity contribution in [3.63, 3.8) is 0 Å². The molecular weight excluding hydrogens is 560 g/mol. The van der Waals surface area contributed by atoms with Gasteiger partial charge in [0.15, 0.2) is 0 Å². The largest absolute Gasteiger partial charge is 0.508 e. The van der Waals surface area contributed by atoms with Crippen LogP contribution in [0.4, 0.5) is 0 Å². The summed E-state index contributed by atoms with van der Waals surface area (Å²) in [5.41, 5.74) is 3.70. The van der Waals surface area contributed by atoms with Gasteiger partial charge in [-0.2, -0.15) is 0 Å². The summed E-state index contributed by atoms with van der Waals surface area (Å²) in [6, 6.07) is 37.9. The van der Waals surface area contributed by atoms with E-state index in [0.29, 0.717) is 11.5 Å². The highest BCUT2D eigenvalue weighted by Crippen LogP contribution is 2.44. The van der Waals surface area contributed by atoms with Crippen LogP contribution in [0.25, 0.3) is 49.2 Å². The summed E-state index contributed by atoms with van der Waals surface area (Å²) in [6.45, 7) is 0. The van der Waals surface area contributed by atoms with Gasteiger partial charge in [0.1, 0.15) is 40.3 Å². The van der Waals surface area contributed by atoms with Crippen LogP contribution in [-0.2, 0) is 6.42 Å². The van der Waals surface area contributed by atoms with Gasteiger partial charge in [-0.3, -0.25) is 0 Å². The molecule has 0 fully saturated rings. The van der Waals surface area contributed by atoms with E-state index in [1.54, 1.807) is 30.3 Å². The quantitative estimate of drug-likeness (QED) is 0.186. The summed E-state index contributed by atoms with van der Waals surface area (Å²) in [5.74, 6) is 3.54. The topological polar surface area (TPSA) is 79.2 Å². The van der Waals surface area contributed by atoms with Crippen molar-refractivity contribution in [2.75, 3.05) is 0 Å². The van der Waals surface area contributed by atoms with Crippen LogP contribution in [0.15, 0.2) is 127 Å². The normalized spacial score (nSPS) is 12.7. The number of phenolic OH excluding ortho intramolecular Hbond substituents is 3. The second kappa shape index (κ2) is 10.6. The zero-order chi connectivity index (χ0) is 30.5. The van der Waals surface area contributed by atoms with Gasteiger partial charge >= 0.3 is 0 Å². The van der Waals surface area contributed by atoms with Crippen LogP contribution < -0.4 is 9.47 Å². The first kappa shape index (κ1) is 26.7. The van der Waals surface area contributed by atoms with E-state index in [-0.39, 0.29) is 17.2 Å². The fourth-order valence-electron chi connectivity index (χ4n) is 6.43. The van der Waals surface area contributed by atoms with Crippen molar-refractivity contribution in [1.82, 2.24) is 0 Å². The standard InChI is InChI=1S/C40H28O5/c41-27-13-16-30-24(21-27)5-1-8-34(30)40-35-9-4-12-39(33(35)19-20-36(40)43)44-29-15-18-32-26(23-29)7-3-11-38(32)45-37-10-2-6-25-22-28(42)14-17-31(25)37/h1-3,5-8,10-23,41-43H,4,9H2. The first-order valence-corrected chi connectivity index (χ1v) is 14.9. The molecular formula is C40H28O5. The summed E-state index contributed by atoms with van der Waals surface area (Å²) in [5, 5.41) is 36.6. The lowest BCUT2D eigenvalue weighted by Gasteiger charge is -2.23. The van der Waals surface area contributed by atoms with Crippen molar-refractivity contribution in [3.05, 3.63) is 139 Å². The monoisotopic (exact) mass is 588 g/mol. The Hall–Kier alpha value is -5.94. The van der Waals surface area contributed by atoms with Crippen LogP contribution in [0, 0.1) is 0 Å². The predicted octanol–water partition coefficient (Wildman–Crippen LogP) is 10.1. The minimum Gasteiger partial charge on any atom is -0.508 e. The molecule has 0 aliphatic heterocycles. The number of hydrogen-bond acceptors (Lipinski definition) is 5. The molecule has 0 heterocycles. The van der Waals surface area contributed by atoms with Crippen molar-refractivity contribution in [1.29, 1.82) is 0 Å². The molecule has 8 rings (SSSR count). The van der Waals surface area contributed by atoms with Crippen LogP contribution in [0.2, 0.25) is 0 Å².